The van der Waals surface area contributed by atoms with Crippen LogP contribution in [0.15, 0.2) is 48.8 Å². The summed E-state index contributed by atoms with van der Waals surface area (Å²) < 4.78 is 0. The smallest absolute Gasteiger partial charge is 0.267 e. The van der Waals surface area contributed by atoms with Gasteiger partial charge in [-0.15, -0.1) is 0 Å². The quantitative estimate of drug-likeness (QED) is 0.168. The Bertz CT molecular complexity index is 1530. The molecule has 5 N–H and O–H groups in total. The molecule has 3 aromatic rings. The molecule has 3 heterocycles. The van der Waals surface area contributed by atoms with E-state index in [1.54, 1.807) is 12.1 Å². The van der Waals surface area contributed by atoms with Crippen LogP contribution < -0.4 is 31.8 Å². The van der Waals surface area contributed by atoms with Gasteiger partial charge in [0.2, 0.25) is 17.8 Å². The number of anilines is 5. The van der Waals surface area contributed by atoms with Crippen LogP contribution in [0.25, 0.3) is 0 Å². The first kappa shape index (κ1) is 28.9. The lowest BCUT2D eigenvalue weighted by molar-refractivity contribution is -0.116. The van der Waals surface area contributed by atoms with Crippen LogP contribution in [0.3, 0.4) is 0 Å². The predicted octanol–water partition coefficient (Wildman–Crippen LogP) is 2.79. The number of nitrogens with one attached hydrogen (secondary N) is 5. The number of rotatable bonds is 10. The molecule has 0 atom stereocenters. The Labute approximate surface area is 250 Å². The van der Waals surface area contributed by atoms with Crippen molar-refractivity contribution in [3.05, 3.63) is 64.3 Å². The monoisotopic (exact) mass is 609 g/mol. The number of aromatic nitrogens is 4. The lowest BCUT2D eigenvalue weighted by atomic mass is 10.2. The molecule has 1 aliphatic carbocycles. The number of hydrazine groups is 2. The Hall–Kier alpha value is -4.60. The minimum absolute atomic E-state index is 0.0941. The molecule has 1 aromatic carbocycles. The number of carbonyl (C=O) groups excluding carboxylic acids is 3. The normalized spacial score (nSPS) is 15.1. The Balaban J connectivity index is 1.28. The van der Waals surface area contributed by atoms with Crippen LogP contribution in [0, 0.1) is 6.92 Å². The van der Waals surface area contributed by atoms with Crippen molar-refractivity contribution in [1.29, 1.82) is 0 Å². The van der Waals surface area contributed by atoms with Crippen LogP contribution in [0.2, 0.25) is 5.02 Å². The highest BCUT2D eigenvalue weighted by molar-refractivity contribution is 7.17. The van der Waals surface area contributed by atoms with E-state index in [0.29, 0.717) is 65.7 Å². The summed E-state index contributed by atoms with van der Waals surface area (Å²) in [4.78, 5) is 56.1. The molecule has 0 unspecified atom stereocenters. The van der Waals surface area contributed by atoms with E-state index in [2.05, 4.69) is 58.4 Å². The van der Waals surface area contributed by atoms with Crippen LogP contribution >= 0.6 is 22.9 Å². The summed E-state index contributed by atoms with van der Waals surface area (Å²) in [7, 11) is 0. The molecule has 2 aliphatic rings. The van der Waals surface area contributed by atoms with Gasteiger partial charge in [0.1, 0.15) is 4.88 Å². The fourth-order valence-corrected chi connectivity index (χ4v) is 5.16. The first-order valence-electron chi connectivity index (χ1n) is 13.0. The number of halogens is 1. The molecule has 1 saturated heterocycles. The SMILES string of the molecule is C=CC(=O)NNc1nc(Nc2ncc(C(=O)Nc3c(C)cccc3Cl)s2)nc(N2CCN(NC3=CC(=O)CC3)CC2)n1. The van der Waals surface area contributed by atoms with Crippen LogP contribution in [0.1, 0.15) is 28.1 Å². The second-order valence-electron chi connectivity index (χ2n) is 9.36. The number of aryl methyl sites for hydroxylation is 1. The largest absolute Gasteiger partial charge is 0.338 e. The molecule has 218 valence electrons. The standard InChI is InChI=1S/C26H28ClN11O3S/c1-3-20(40)34-35-24-30-23(31-25(32-24)37-9-11-38(12-10-37)36-16-7-8-17(39)13-16)33-26-28-14-19(42-26)22(41)29-21-15(2)5-4-6-18(21)27/h3-6,13-14,36H,1,7-12H2,2H3,(H,29,41)(H,34,40)(H2,28,30,31,32,33,35). The second kappa shape index (κ2) is 12.9. The molecule has 0 radical (unpaired) electrons. The van der Waals surface area contributed by atoms with Crippen LogP contribution in [-0.4, -0.2) is 68.7 Å². The fraction of sp³-hybridized carbons (Fsp3) is 0.269. The van der Waals surface area contributed by atoms with E-state index in [1.165, 1.54) is 6.20 Å². The number of amides is 2. The summed E-state index contributed by atoms with van der Waals surface area (Å²) in [5, 5.41) is 8.73. The number of piperazine rings is 1. The van der Waals surface area contributed by atoms with Crippen molar-refractivity contribution >= 4 is 69.2 Å². The van der Waals surface area contributed by atoms with Crippen molar-refractivity contribution in [2.24, 2.45) is 0 Å². The molecule has 1 fully saturated rings. The molecule has 1 aliphatic heterocycles. The van der Waals surface area contributed by atoms with Crippen molar-refractivity contribution in [2.75, 3.05) is 47.1 Å². The Morgan fingerprint density at radius 1 is 1.10 bits per heavy atom. The molecule has 5 rings (SSSR count). The van der Waals surface area contributed by atoms with Gasteiger partial charge in [-0.05, 0) is 31.1 Å². The lowest BCUT2D eigenvalue weighted by Gasteiger charge is -2.35. The first-order chi connectivity index (χ1) is 20.3. The highest BCUT2D eigenvalue weighted by Gasteiger charge is 2.23. The van der Waals surface area contributed by atoms with Gasteiger partial charge in [-0.1, -0.05) is 41.6 Å². The molecule has 0 bridgehead atoms. The van der Waals surface area contributed by atoms with Crippen LogP contribution in [0.4, 0.5) is 28.7 Å². The number of hydrogen-bond acceptors (Lipinski definition) is 13. The molecular weight excluding hydrogens is 582 g/mol. The zero-order valence-electron chi connectivity index (χ0n) is 22.6. The van der Waals surface area contributed by atoms with E-state index < -0.39 is 5.91 Å². The Kier molecular flexibility index (Phi) is 8.90. The minimum Gasteiger partial charge on any atom is -0.338 e. The Morgan fingerprint density at radius 3 is 2.60 bits per heavy atom. The average Bonchev–Trinajstić information content (AvgIpc) is 3.62. The van der Waals surface area contributed by atoms with Crippen molar-refractivity contribution in [3.63, 3.8) is 0 Å². The van der Waals surface area contributed by atoms with E-state index in [0.717, 1.165) is 28.7 Å². The maximum Gasteiger partial charge on any atom is 0.267 e. The zero-order valence-corrected chi connectivity index (χ0v) is 24.2. The molecule has 16 heteroatoms. The van der Waals surface area contributed by atoms with Crippen molar-refractivity contribution in [1.82, 2.24) is 35.8 Å². The molecule has 2 amide bonds. The predicted molar refractivity (Wildman–Crippen MR) is 161 cm³/mol. The summed E-state index contributed by atoms with van der Waals surface area (Å²) in [6.07, 6.45) is 5.46. The average molecular weight is 610 g/mol. The fourth-order valence-electron chi connectivity index (χ4n) is 4.19. The van der Waals surface area contributed by atoms with Crippen molar-refractivity contribution in [3.8, 4) is 0 Å². The number of hydrogen-bond donors (Lipinski definition) is 5. The van der Waals surface area contributed by atoms with Gasteiger partial charge in [0.05, 0.1) is 16.9 Å². The Morgan fingerprint density at radius 2 is 1.88 bits per heavy atom. The molecule has 2 aromatic heterocycles. The number of benzene rings is 1. The number of allylic oxidation sites excluding steroid dienone is 2. The molecule has 42 heavy (non-hydrogen) atoms. The third-order valence-electron chi connectivity index (χ3n) is 6.36. The molecule has 0 spiro atoms. The maximum absolute atomic E-state index is 12.9. The van der Waals surface area contributed by atoms with Crippen molar-refractivity contribution in [2.45, 2.75) is 19.8 Å². The number of thiazole rings is 1. The lowest BCUT2D eigenvalue weighted by Crippen LogP contribution is -2.52. The zero-order chi connectivity index (χ0) is 29.6. The summed E-state index contributed by atoms with van der Waals surface area (Å²) in [6.45, 7) is 7.80. The second-order valence-corrected chi connectivity index (χ2v) is 10.8. The number of para-hydroxylation sites is 1. The van der Waals surface area contributed by atoms with E-state index in [1.807, 2.05) is 24.0 Å². The molecular formula is C26H28ClN11O3S. The highest BCUT2D eigenvalue weighted by atomic mass is 35.5. The third-order valence-corrected chi connectivity index (χ3v) is 7.58. The van der Waals surface area contributed by atoms with Gasteiger partial charge < -0.3 is 15.6 Å². The summed E-state index contributed by atoms with van der Waals surface area (Å²) in [6, 6.07) is 5.37. The summed E-state index contributed by atoms with van der Waals surface area (Å²) in [5.74, 6) is -0.0533. The van der Waals surface area contributed by atoms with E-state index >= 15 is 0 Å². The van der Waals surface area contributed by atoms with Crippen LogP contribution in [0.5, 0.6) is 0 Å². The van der Waals surface area contributed by atoms with Gasteiger partial charge in [-0.2, -0.15) is 15.0 Å². The topological polar surface area (TPSA) is 169 Å². The maximum atomic E-state index is 12.9. The highest BCUT2D eigenvalue weighted by Crippen LogP contribution is 2.28. The van der Waals surface area contributed by atoms with E-state index in [-0.39, 0.29) is 23.6 Å². The van der Waals surface area contributed by atoms with Gasteiger partial charge >= 0.3 is 0 Å². The van der Waals surface area contributed by atoms with Crippen LogP contribution in [-0.2, 0) is 9.59 Å². The van der Waals surface area contributed by atoms with Gasteiger partial charge in [0.15, 0.2) is 10.9 Å². The summed E-state index contributed by atoms with van der Waals surface area (Å²) >= 11 is 7.36. The molecule has 14 nitrogen and oxygen atoms in total. The van der Waals surface area contributed by atoms with Gasteiger partial charge in [-0.25, -0.2) is 9.99 Å². The van der Waals surface area contributed by atoms with Gasteiger partial charge in [0.25, 0.3) is 11.8 Å². The van der Waals surface area contributed by atoms with Gasteiger partial charge in [0, 0.05) is 44.4 Å². The number of carbonyl (C=O) groups is 3. The first-order valence-corrected chi connectivity index (χ1v) is 14.2. The van der Waals surface area contributed by atoms with Crippen molar-refractivity contribution < 1.29 is 14.4 Å². The minimum atomic E-state index is -0.463. The van der Waals surface area contributed by atoms with E-state index in [9.17, 15) is 14.4 Å². The number of nitrogens with zero attached hydrogens (tertiary/aromatic N) is 6. The summed E-state index contributed by atoms with van der Waals surface area (Å²) in [5.41, 5.74) is 10.7. The van der Waals surface area contributed by atoms with Gasteiger partial charge in [-0.3, -0.25) is 30.6 Å². The third kappa shape index (κ3) is 7.18. The van der Waals surface area contributed by atoms with E-state index in [4.69, 9.17) is 11.6 Å². The molecule has 0 saturated carbocycles. The number of ketones is 1.